The van der Waals surface area contributed by atoms with Gasteiger partial charge in [-0.2, -0.15) is 0 Å². The minimum Gasteiger partial charge on any atom is -0.478 e. The Kier molecular flexibility index (Phi) is 4.49. The average Bonchev–Trinajstić information content (AvgIpc) is 3.21. The number of imidazole rings is 1. The molecular formula is C20H17N5O2. The molecule has 2 aromatic heterocycles. The van der Waals surface area contributed by atoms with Crippen LogP contribution in [0.25, 0.3) is 10.9 Å². The van der Waals surface area contributed by atoms with Crippen LogP contribution in [0.5, 0.6) is 0 Å². The van der Waals surface area contributed by atoms with E-state index in [1.54, 1.807) is 24.7 Å². The third-order valence-electron chi connectivity index (χ3n) is 4.36. The number of fused-ring (bicyclic) bond motifs is 1. The molecule has 7 heteroatoms. The molecule has 0 saturated heterocycles. The van der Waals surface area contributed by atoms with Crippen LogP contribution in [0.2, 0.25) is 0 Å². The van der Waals surface area contributed by atoms with Crippen LogP contribution >= 0.6 is 0 Å². The third kappa shape index (κ3) is 3.48. The Morgan fingerprint density at radius 1 is 1.11 bits per heavy atom. The van der Waals surface area contributed by atoms with E-state index in [1.807, 2.05) is 47.2 Å². The number of carbonyl (C=O) groups is 1. The number of hydrogen-bond acceptors (Lipinski definition) is 5. The first-order valence-electron chi connectivity index (χ1n) is 8.46. The molecule has 0 aliphatic rings. The number of rotatable bonds is 6. The van der Waals surface area contributed by atoms with Crippen molar-refractivity contribution in [3.63, 3.8) is 0 Å². The molecular weight excluding hydrogens is 342 g/mol. The highest BCUT2D eigenvalue weighted by molar-refractivity contribution is 6.04. The van der Waals surface area contributed by atoms with Crippen molar-refractivity contribution in [1.29, 1.82) is 0 Å². The second-order valence-corrected chi connectivity index (χ2v) is 6.10. The lowest BCUT2D eigenvalue weighted by molar-refractivity contribution is 0.0699. The summed E-state index contributed by atoms with van der Waals surface area (Å²) in [6.07, 6.45) is 6.79. The largest absolute Gasteiger partial charge is 0.478 e. The van der Waals surface area contributed by atoms with E-state index in [-0.39, 0.29) is 11.6 Å². The number of carboxylic acids is 1. The number of aromatic nitrogens is 4. The number of hydrogen-bond donors (Lipinski definition) is 2. The lowest BCUT2D eigenvalue weighted by atomic mass is 10.1. The second-order valence-electron chi connectivity index (χ2n) is 6.10. The molecule has 0 amide bonds. The van der Waals surface area contributed by atoms with Gasteiger partial charge in [-0.05, 0) is 17.7 Å². The van der Waals surface area contributed by atoms with Crippen molar-refractivity contribution >= 4 is 22.7 Å². The Labute approximate surface area is 155 Å². The fraction of sp³-hybridized carbons (Fsp3) is 0.100. The van der Waals surface area contributed by atoms with E-state index in [2.05, 4.69) is 20.3 Å². The standard InChI is InChI=1S/C20H17N5O2/c26-20(27)16-8-4-7-15-18(16)22-12-23-19(15)24-17(11-25-10-9-21-13-25)14-5-2-1-3-6-14/h1-10,12-13,17H,11H2,(H,26,27)(H,22,23,24). The predicted octanol–water partition coefficient (Wildman–Crippen LogP) is 3.38. The topological polar surface area (TPSA) is 92.9 Å². The van der Waals surface area contributed by atoms with Gasteiger partial charge in [-0.15, -0.1) is 0 Å². The quantitative estimate of drug-likeness (QED) is 0.548. The van der Waals surface area contributed by atoms with Gasteiger partial charge in [0.2, 0.25) is 0 Å². The van der Waals surface area contributed by atoms with E-state index in [4.69, 9.17) is 0 Å². The average molecular weight is 359 g/mol. The summed E-state index contributed by atoms with van der Waals surface area (Å²) >= 11 is 0. The van der Waals surface area contributed by atoms with Gasteiger partial charge in [-0.25, -0.2) is 19.7 Å². The molecule has 2 heterocycles. The fourth-order valence-electron chi connectivity index (χ4n) is 3.07. The fourth-order valence-corrected chi connectivity index (χ4v) is 3.07. The van der Waals surface area contributed by atoms with E-state index in [1.165, 1.54) is 6.33 Å². The van der Waals surface area contributed by atoms with E-state index in [0.29, 0.717) is 23.3 Å². The van der Waals surface area contributed by atoms with Crippen LogP contribution in [0.3, 0.4) is 0 Å². The lowest BCUT2D eigenvalue weighted by Crippen LogP contribution is -2.18. The van der Waals surface area contributed by atoms with Gasteiger partial charge in [0.25, 0.3) is 0 Å². The Bertz CT molecular complexity index is 1060. The van der Waals surface area contributed by atoms with E-state index in [9.17, 15) is 9.90 Å². The molecule has 27 heavy (non-hydrogen) atoms. The maximum atomic E-state index is 11.5. The van der Waals surface area contributed by atoms with Gasteiger partial charge in [0.1, 0.15) is 12.1 Å². The zero-order chi connectivity index (χ0) is 18.6. The molecule has 0 radical (unpaired) electrons. The summed E-state index contributed by atoms with van der Waals surface area (Å²) in [6, 6.07) is 15.0. The maximum absolute atomic E-state index is 11.5. The SMILES string of the molecule is O=C(O)c1cccc2c(NC(Cn3ccnc3)c3ccccc3)ncnc12. The maximum Gasteiger partial charge on any atom is 0.337 e. The molecule has 2 N–H and O–H groups in total. The number of benzene rings is 2. The zero-order valence-electron chi connectivity index (χ0n) is 14.4. The first kappa shape index (κ1) is 16.7. The van der Waals surface area contributed by atoms with Crippen molar-refractivity contribution in [3.8, 4) is 0 Å². The van der Waals surface area contributed by atoms with Gasteiger partial charge >= 0.3 is 5.97 Å². The molecule has 7 nitrogen and oxygen atoms in total. The van der Waals surface area contributed by atoms with Gasteiger partial charge in [0.15, 0.2) is 0 Å². The number of nitrogens with one attached hydrogen (secondary N) is 1. The number of aromatic carboxylic acids is 1. The van der Waals surface area contributed by atoms with Crippen LogP contribution in [0.15, 0.2) is 73.6 Å². The van der Waals surface area contributed by atoms with Crippen molar-refractivity contribution in [2.45, 2.75) is 12.6 Å². The molecule has 0 fully saturated rings. The highest BCUT2D eigenvalue weighted by atomic mass is 16.4. The molecule has 0 bridgehead atoms. The van der Waals surface area contributed by atoms with E-state index < -0.39 is 5.97 Å². The Morgan fingerprint density at radius 3 is 2.70 bits per heavy atom. The Morgan fingerprint density at radius 2 is 1.96 bits per heavy atom. The van der Waals surface area contributed by atoms with Crippen LogP contribution < -0.4 is 5.32 Å². The van der Waals surface area contributed by atoms with Gasteiger partial charge in [0, 0.05) is 24.3 Å². The summed E-state index contributed by atoms with van der Waals surface area (Å²) < 4.78 is 1.98. The summed E-state index contributed by atoms with van der Waals surface area (Å²) in [7, 11) is 0. The minimum atomic E-state index is -1.01. The number of carboxylic acid groups (broad SMARTS) is 1. The van der Waals surface area contributed by atoms with Gasteiger partial charge in [0.05, 0.1) is 23.4 Å². The van der Waals surface area contributed by atoms with Crippen molar-refractivity contribution in [2.75, 3.05) is 5.32 Å². The minimum absolute atomic E-state index is 0.0769. The number of para-hydroxylation sites is 1. The predicted molar refractivity (Wildman–Crippen MR) is 102 cm³/mol. The molecule has 1 unspecified atom stereocenters. The highest BCUT2D eigenvalue weighted by Crippen LogP contribution is 2.27. The molecule has 0 aliphatic carbocycles. The third-order valence-corrected chi connectivity index (χ3v) is 4.36. The summed E-state index contributed by atoms with van der Waals surface area (Å²) in [6.45, 7) is 0.647. The van der Waals surface area contributed by atoms with Crippen molar-refractivity contribution < 1.29 is 9.90 Å². The molecule has 2 aromatic carbocycles. The number of anilines is 1. The van der Waals surface area contributed by atoms with Gasteiger partial charge in [-0.3, -0.25) is 0 Å². The summed E-state index contributed by atoms with van der Waals surface area (Å²) in [5, 5.41) is 13.5. The summed E-state index contributed by atoms with van der Waals surface area (Å²) in [4.78, 5) is 24.1. The molecule has 0 spiro atoms. The Balaban J connectivity index is 1.75. The van der Waals surface area contributed by atoms with E-state index in [0.717, 1.165) is 5.56 Å². The molecule has 4 aromatic rings. The Hall–Kier alpha value is -3.74. The summed E-state index contributed by atoms with van der Waals surface area (Å²) in [5.41, 5.74) is 1.66. The van der Waals surface area contributed by atoms with Gasteiger partial charge < -0.3 is 15.0 Å². The second kappa shape index (κ2) is 7.25. The lowest BCUT2D eigenvalue weighted by Gasteiger charge is -2.21. The van der Waals surface area contributed by atoms with Crippen LogP contribution in [0.1, 0.15) is 22.0 Å². The first-order chi connectivity index (χ1) is 13.2. The smallest absolute Gasteiger partial charge is 0.337 e. The molecule has 1 atom stereocenters. The molecule has 4 rings (SSSR count). The normalized spacial score (nSPS) is 12.0. The van der Waals surface area contributed by atoms with Gasteiger partial charge in [-0.1, -0.05) is 36.4 Å². The van der Waals surface area contributed by atoms with Crippen LogP contribution in [0, 0.1) is 0 Å². The van der Waals surface area contributed by atoms with Crippen LogP contribution in [-0.2, 0) is 6.54 Å². The molecule has 0 aliphatic heterocycles. The molecule has 134 valence electrons. The van der Waals surface area contributed by atoms with Crippen molar-refractivity contribution in [1.82, 2.24) is 19.5 Å². The van der Waals surface area contributed by atoms with E-state index >= 15 is 0 Å². The highest BCUT2D eigenvalue weighted by Gasteiger charge is 2.17. The monoisotopic (exact) mass is 359 g/mol. The summed E-state index contributed by atoms with van der Waals surface area (Å²) in [5.74, 6) is -0.416. The zero-order valence-corrected chi connectivity index (χ0v) is 14.4. The van der Waals surface area contributed by atoms with Crippen molar-refractivity contribution in [3.05, 3.63) is 84.7 Å². The molecule has 0 saturated carbocycles. The number of nitrogens with zero attached hydrogens (tertiary/aromatic N) is 4. The van der Waals surface area contributed by atoms with Crippen molar-refractivity contribution in [2.24, 2.45) is 0 Å². The first-order valence-corrected chi connectivity index (χ1v) is 8.46. The van der Waals surface area contributed by atoms with Crippen LogP contribution in [-0.4, -0.2) is 30.6 Å². The van der Waals surface area contributed by atoms with Crippen LogP contribution in [0.4, 0.5) is 5.82 Å².